The number of ether oxygens (including phenoxy) is 1. The van der Waals surface area contributed by atoms with Gasteiger partial charge in [-0.25, -0.2) is 4.98 Å². The molecule has 3 N–H and O–H groups in total. The normalized spacial score (nSPS) is 10.1. The number of carbonyl (C=O) groups excluding carboxylic acids is 2. The summed E-state index contributed by atoms with van der Waals surface area (Å²) in [7, 11) is 0. The fraction of sp³-hybridized carbons (Fsp3) is 0.0625. The summed E-state index contributed by atoms with van der Waals surface area (Å²) in [6.07, 6.45) is 2.69. The molecule has 0 aliphatic rings. The van der Waals surface area contributed by atoms with Crippen LogP contribution < -0.4 is 15.6 Å². The number of carbonyl (C=O) groups is 2. The van der Waals surface area contributed by atoms with Crippen LogP contribution in [-0.2, 0) is 6.61 Å². The molecule has 0 atom stereocenters. The molecule has 126 valence electrons. The third-order valence-corrected chi connectivity index (χ3v) is 3.16. The Bertz CT molecular complexity index is 851. The number of hydrogen-bond acceptors (Lipinski definition) is 6. The van der Waals surface area contributed by atoms with Gasteiger partial charge in [-0.3, -0.25) is 20.4 Å². The minimum Gasteiger partial charge on any atom is -0.473 e. The fourth-order valence-electron chi connectivity index (χ4n) is 1.92. The zero-order valence-electron chi connectivity index (χ0n) is 13.0. The molecule has 1 aromatic carbocycles. The first-order valence-corrected chi connectivity index (χ1v) is 7.31. The number of aromatic amines is 1. The van der Waals surface area contributed by atoms with Gasteiger partial charge in [-0.05, 0) is 11.6 Å². The topological polar surface area (TPSA) is 122 Å². The molecule has 0 saturated carbocycles. The average Bonchev–Trinajstić information content (AvgIpc) is 3.20. The number of aromatic nitrogens is 4. The highest BCUT2D eigenvalue weighted by molar-refractivity contribution is 5.98. The molecule has 0 aliphatic heterocycles. The lowest BCUT2D eigenvalue weighted by molar-refractivity contribution is 0.0843. The van der Waals surface area contributed by atoms with E-state index in [1.807, 2.05) is 30.3 Å². The smallest absolute Gasteiger partial charge is 0.291 e. The van der Waals surface area contributed by atoms with Gasteiger partial charge in [0.25, 0.3) is 11.8 Å². The van der Waals surface area contributed by atoms with Gasteiger partial charge in [-0.1, -0.05) is 30.3 Å². The van der Waals surface area contributed by atoms with Crippen molar-refractivity contribution in [3.05, 3.63) is 71.7 Å². The van der Waals surface area contributed by atoms with Crippen LogP contribution in [0.4, 0.5) is 0 Å². The summed E-state index contributed by atoms with van der Waals surface area (Å²) in [6.45, 7) is 0.335. The first-order chi connectivity index (χ1) is 12.2. The maximum atomic E-state index is 12.1. The molecule has 2 amide bonds. The first-order valence-electron chi connectivity index (χ1n) is 7.31. The van der Waals surface area contributed by atoms with Crippen LogP contribution in [0.3, 0.4) is 0 Å². The highest BCUT2D eigenvalue weighted by Crippen LogP contribution is 2.11. The van der Waals surface area contributed by atoms with Crippen LogP contribution in [0.15, 0.2) is 54.9 Å². The number of benzene rings is 1. The van der Waals surface area contributed by atoms with Crippen molar-refractivity contribution in [2.75, 3.05) is 0 Å². The molecule has 0 unspecified atom stereocenters. The number of hydrazine groups is 1. The zero-order chi connectivity index (χ0) is 17.5. The lowest BCUT2D eigenvalue weighted by Gasteiger charge is -2.08. The molecule has 0 aliphatic carbocycles. The number of rotatable bonds is 5. The third-order valence-electron chi connectivity index (χ3n) is 3.16. The van der Waals surface area contributed by atoms with E-state index >= 15 is 0 Å². The number of H-pyrrole nitrogens is 1. The molecule has 2 heterocycles. The monoisotopic (exact) mass is 338 g/mol. The van der Waals surface area contributed by atoms with E-state index in [9.17, 15) is 9.59 Å². The molecule has 0 spiro atoms. The van der Waals surface area contributed by atoms with Crippen molar-refractivity contribution in [3.63, 3.8) is 0 Å². The van der Waals surface area contributed by atoms with Crippen LogP contribution in [0.25, 0.3) is 0 Å². The van der Waals surface area contributed by atoms with E-state index in [1.165, 1.54) is 24.5 Å². The average molecular weight is 338 g/mol. The van der Waals surface area contributed by atoms with E-state index in [2.05, 4.69) is 31.2 Å². The van der Waals surface area contributed by atoms with Crippen LogP contribution in [-0.4, -0.2) is 32.2 Å². The molecule has 0 saturated heterocycles. The van der Waals surface area contributed by atoms with Gasteiger partial charge in [0.05, 0.1) is 6.20 Å². The number of nitrogens with zero attached hydrogens (tertiary/aromatic N) is 3. The second-order valence-electron chi connectivity index (χ2n) is 4.92. The fourth-order valence-corrected chi connectivity index (χ4v) is 1.92. The molecule has 9 heteroatoms. The van der Waals surface area contributed by atoms with Gasteiger partial charge in [-0.15, -0.1) is 0 Å². The summed E-state index contributed by atoms with van der Waals surface area (Å²) in [5.74, 6) is -0.792. The van der Waals surface area contributed by atoms with Crippen LogP contribution in [0, 0.1) is 0 Å². The third kappa shape index (κ3) is 4.38. The first kappa shape index (κ1) is 16.1. The Morgan fingerprint density at radius 3 is 2.64 bits per heavy atom. The molecular weight excluding hydrogens is 324 g/mol. The molecule has 9 nitrogen and oxygen atoms in total. The van der Waals surface area contributed by atoms with Gasteiger partial charge in [0.2, 0.25) is 5.88 Å². The largest absolute Gasteiger partial charge is 0.473 e. The Morgan fingerprint density at radius 1 is 1.08 bits per heavy atom. The van der Waals surface area contributed by atoms with Gasteiger partial charge < -0.3 is 4.74 Å². The molecule has 0 bridgehead atoms. The van der Waals surface area contributed by atoms with Crippen molar-refractivity contribution in [3.8, 4) is 5.88 Å². The second-order valence-corrected chi connectivity index (χ2v) is 4.92. The Balaban J connectivity index is 1.56. The van der Waals surface area contributed by atoms with E-state index in [1.54, 1.807) is 0 Å². The van der Waals surface area contributed by atoms with E-state index in [4.69, 9.17) is 4.74 Å². The summed E-state index contributed by atoms with van der Waals surface area (Å²) in [6, 6.07) is 12.6. The van der Waals surface area contributed by atoms with E-state index in [0.29, 0.717) is 18.1 Å². The summed E-state index contributed by atoms with van der Waals surface area (Å²) < 4.78 is 5.57. The molecule has 25 heavy (non-hydrogen) atoms. The van der Waals surface area contributed by atoms with Crippen molar-refractivity contribution in [1.29, 1.82) is 0 Å². The standard InChI is InChI=1S/C16H14N6O3/c23-15(20-21-16(24)13-9-18-22-19-13)12-6-7-17-14(8-12)25-10-11-4-2-1-3-5-11/h1-9H,10H2,(H,20,23)(H,21,24)(H,18,19,22). The lowest BCUT2D eigenvalue weighted by Crippen LogP contribution is -2.41. The van der Waals surface area contributed by atoms with E-state index in [-0.39, 0.29) is 5.69 Å². The minimum absolute atomic E-state index is 0.0573. The Hall–Kier alpha value is -3.75. The highest BCUT2D eigenvalue weighted by Gasteiger charge is 2.12. The lowest BCUT2D eigenvalue weighted by atomic mass is 10.2. The zero-order valence-corrected chi connectivity index (χ0v) is 13.0. The van der Waals surface area contributed by atoms with Crippen LogP contribution >= 0.6 is 0 Å². The second kappa shape index (κ2) is 7.68. The van der Waals surface area contributed by atoms with E-state index in [0.717, 1.165) is 5.56 Å². The van der Waals surface area contributed by atoms with Gasteiger partial charge in [-0.2, -0.15) is 15.4 Å². The maximum Gasteiger partial charge on any atom is 0.291 e. The van der Waals surface area contributed by atoms with Crippen molar-refractivity contribution in [2.45, 2.75) is 6.61 Å². The van der Waals surface area contributed by atoms with E-state index < -0.39 is 11.8 Å². The minimum atomic E-state index is -0.586. The van der Waals surface area contributed by atoms with Gasteiger partial charge >= 0.3 is 0 Å². The van der Waals surface area contributed by atoms with Gasteiger partial charge in [0, 0.05) is 17.8 Å². The molecule has 3 aromatic rings. The number of pyridine rings is 1. The number of nitrogens with one attached hydrogen (secondary N) is 3. The molecule has 3 rings (SSSR count). The van der Waals surface area contributed by atoms with Crippen molar-refractivity contribution >= 4 is 11.8 Å². The predicted octanol–water partition coefficient (Wildman–Crippen LogP) is 0.853. The van der Waals surface area contributed by atoms with Crippen LogP contribution in [0.5, 0.6) is 5.88 Å². The van der Waals surface area contributed by atoms with Crippen molar-refractivity contribution in [2.24, 2.45) is 0 Å². The number of amides is 2. The SMILES string of the molecule is O=C(NNC(=O)c1cn[nH]n1)c1ccnc(OCc2ccccc2)c1. The van der Waals surface area contributed by atoms with Crippen LogP contribution in [0.2, 0.25) is 0 Å². The number of hydrogen-bond donors (Lipinski definition) is 3. The summed E-state index contributed by atoms with van der Waals surface area (Å²) in [5, 5.41) is 9.42. The Morgan fingerprint density at radius 2 is 1.88 bits per heavy atom. The molecule has 0 fully saturated rings. The van der Waals surface area contributed by atoms with Gasteiger partial charge in [0.1, 0.15) is 6.61 Å². The molecular formula is C16H14N6O3. The van der Waals surface area contributed by atoms with Crippen LogP contribution in [0.1, 0.15) is 26.4 Å². The highest BCUT2D eigenvalue weighted by atomic mass is 16.5. The quantitative estimate of drug-likeness (QED) is 0.593. The summed E-state index contributed by atoms with van der Waals surface area (Å²) in [5.41, 5.74) is 5.86. The van der Waals surface area contributed by atoms with Crippen molar-refractivity contribution < 1.29 is 14.3 Å². The van der Waals surface area contributed by atoms with Crippen molar-refractivity contribution in [1.82, 2.24) is 31.2 Å². The predicted molar refractivity (Wildman–Crippen MR) is 86.3 cm³/mol. The summed E-state index contributed by atoms with van der Waals surface area (Å²) in [4.78, 5) is 27.8. The molecule has 0 radical (unpaired) electrons. The summed E-state index contributed by atoms with van der Waals surface area (Å²) >= 11 is 0. The van der Waals surface area contributed by atoms with Gasteiger partial charge in [0.15, 0.2) is 5.69 Å². The molecule has 2 aromatic heterocycles. The Labute approximate surface area is 142 Å². The maximum absolute atomic E-state index is 12.1. The Kier molecular flexibility index (Phi) is 4.95.